The topological polar surface area (TPSA) is 72.4 Å². The van der Waals surface area contributed by atoms with E-state index in [0.717, 1.165) is 31.5 Å². The fourth-order valence-electron chi connectivity index (χ4n) is 3.45. The molecule has 0 unspecified atom stereocenters. The maximum Gasteiger partial charge on any atom is 0.244 e. The molecule has 1 saturated heterocycles. The van der Waals surface area contributed by atoms with Crippen LogP contribution in [0.5, 0.6) is 0 Å². The van der Waals surface area contributed by atoms with E-state index in [0.29, 0.717) is 17.5 Å². The molecular formula is C20H21N3O3. The van der Waals surface area contributed by atoms with Gasteiger partial charge in [-0.15, -0.1) is 0 Å². The lowest BCUT2D eigenvalue weighted by Gasteiger charge is -2.33. The Bertz CT molecular complexity index is 850. The van der Waals surface area contributed by atoms with Gasteiger partial charge in [-0.1, -0.05) is 35.5 Å². The number of carbonyl (C=O) groups is 1. The van der Waals surface area contributed by atoms with Crippen LogP contribution in [0.25, 0.3) is 11.6 Å². The summed E-state index contributed by atoms with van der Waals surface area (Å²) in [5.74, 6) is 1.97. The van der Waals surface area contributed by atoms with Crippen molar-refractivity contribution in [3.8, 4) is 11.6 Å². The van der Waals surface area contributed by atoms with Gasteiger partial charge in [0.15, 0.2) is 11.5 Å². The van der Waals surface area contributed by atoms with Crippen molar-refractivity contribution in [2.24, 2.45) is 5.92 Å². The van der Waals surface area contributed by atoms with Gasteiger partial charge in [0, 0.05) is 11.5 Å². The van der Waals surface area contributed by atoms with Crippen molar-refractivity contribution in [2.75, 3.05) is 13.1 Å². The zero-order valence-corrected chi connectivity index (χ0v) is 14.7. The molecule has 0 spiro atoms. The van der Waals surface area contributed by atoms with Crippen molar-refractivity contribution in [2.45, 2.75) is 25.8 Å². The van der Waals surface area contributed by atoms with Gasteiger partial charge in [-0.2, -0.15) is 4.98 Å². The summed E-state index contributed by atoms with van der Waals surface area (Å²) in [6.45, 7) is 3.73. The number of carbonyl (C=O) groups excluding carboxylic acids is 1. The Morgan fingerprint density at radius 3 is 2.62 bits per heavy atom. The van der Waals surface area contributed by atoms with Crippen LogP contribution in [0, 0.1) is 5.92 Å². The first-order valence-corrected chi connectivity index (χ1v) is 8.93. The van der Waals surface area contributed by atoms with E-state index in [4.69, 9.17) is 8.94 Å². The number of hydrogen-bond acceptors (Lipinski definition) is 6. The Hall–Kier alpha value is -2.73. The Morgan fingerprint density at radius 2 is 1.92 bits per heavy atom. The van der Waals surface area contributed by atoms with E-state index in [1.807, 2.05) is 30.3 Å². The van der Waals surface area contributed by atoms with Gasteiger partial charge < -0.3 is 8.94 Å². The van der Waals surface area contributed by atoms with Crippen molar-refractivity contribution < 1.29 is 13.7 Å². The maximum absolute atomic E-state index is 12.6. The van der Waals surface area contributed by atoms with E-state index in [1.54, 1.807) is 18.4 Å². The van der Waals surface area contributed by atoms with Crippen LogP contribution in [-0.4, -0.2) is 33.9 Å². The third-order valence-electron chi connectivity index (χ3n) is 5.05. The summed E-state index contributed by atoms with van der Waals surface area (Å²) in [5.41, 5.74) is 0.805. The third kappa shape index (κ3) is 3.32. The van der Waals surface area contributed by atoms with E-state index >= 15 is 0 Å². The van der Waals surface area contributed by atoms with Gasteiger partial charge >= 0.3 is 0 Å². The highest BCUT2D eigenvalue weighted by Crippen LogP contribution is 2.28. The molecule has 3 aromatic rings. The quantitative estimate of drug-likeness (QED) is 0.647. The van der Waals surface area contributed by atoms with Crippen molar-refractivity contribution in [1.29, 1.82) is 0 Å². The minimum absolute atomic E-state index is 0.0130. The van der Waals surface area contributed by atoms with Crippen LogP contribution in [-0.2, 0) is 0 Å². The van der Waals surface area contributed by atoms with Crippen LogP contribution < -0.4 is 0 Å². The highest BCUT2D eigenvalue weighted by Gasteiger charge is 2.30. The Balaban J connectivity index is 1.38. The highest BCUT2D eigenvalue weighted by molar-refractivity contribution is 5.97. The molecule has 1 aliphatic heterocycles. The molecule has 3 heterocycles. The lowest BCUT2D eigenvalue weighted by Crippen LogP contribution is -2.38. The average molecular weight is 351 g/mol. The molecule has 0 bridgehead atoms. The first-order chi connectivity index (χ1) is 12.7. The van der Waals surface area contributed by atoms with Gasteiger partial charge in [0.2, 0.25) is 11.7 Å². The molecule has 1 fully saturated rings. The summed E-state index contributed by atoms with van der Waals surface area (Å²) in [4.78, 5) is 19.3. The number of ketones is 1. The molecular weight excluding hydrogens is 330 g/mol. The smallest absolute Gasteiger partial charge is 0.244 e. The summed E-state index contributed by atoms with van der Waals surface area (Å²) < 4.78 is 10.7. The zero-order valence-electron chi connectivity index (χ0n) is 14.7. The molecule has 0 amide bonds. The second-order valence-electron chi connectivity index (χ2n) is 6.65. The zero-order chi connectivity index (χ0) is 17.9. The number of nitrogens with zero attached hydrogens (tertiary/aromatic N) is 3. The monoisotopic (exact) mass is 351 g/mol. The third-order valence-corrected chi connectivity index (χ3v) is 5.05. The van der Waals surface area contributed by atoms with Crippen LogP contribution in [0.2, 0.25) is 0 Å². The van der Waals surface area contributed by atoms with Crippen molar-refractivity contribution >= 4 is 5.78 Å². The molecule has 0 radical (unpaired) electrons. The SMILES string of the molecule is C[C@H](c1nc(-c2ccco2)no1)N1CCC(C(=O)c2ccccc2)CC1. The van der Waals surface area contributed by atoms with E-state index in [9.17, 15) is 4.79 Å². The molecule has 1 aromatic carbocycles. The van der Waals surface area contributed by atoms with Crippen LogP contribution in [0.4, 0.5) is 0 Å². The Kier molecular flexibility index (Phi) is 4.67. The van der Waals surface area contributed by atoms with Gasteiger partial charge in [0.1, 0.15) is 0 Å². The Labute approximate surface area is 151 Å². The lowest BCUT2D eigenvalue weighted by atomic mass is 9.88. The highest BCUT2D eigenvalue weighted by atomic mass is 16.5. The van der Waals surface area contributed by atoms with Gasteiger partial charge in [0.05, 0.1) is 12.3 Å². The van der Waals surface area contributed by atoms with E-state index in [-0.39, 0.29) is 17.7 Å². The lowest BCUT2D eigenvalue weighted by molar-refractivity contribution is 0.0775. The molecule has 2 aromatic heterocycles. The number of likely N-dealkylation sites (tertiary alicyclic amines) is 1. The van der Waals surface area contributed by atoms with E-state index < -0.39 is 0 Å². The van der Waals surface area contributed by atoms with Gasteiger partial charge in [-0.05, 0) is 45.0 Å². The number of piperidine rings is 1. The molecule has 0 saturated carbocycles. The molecule has 1 atom stereocenters. The molecule has 6 heteroatoms. The molecule has 1 aliphatic rings. The molecule has 134 valence electrons. The van der Waals surface area contributed by atoms with Crippen LogP contribution in [0.1, 0.15) is 42.1 Å². The minimum atomic E-state index is 0.0130. The molecule has 6 nitrogen and oxygen atoms in total. The number of hydrogen-bond donors (Lipinski definition) is 0. The molecule has 0 N–H and O–H groups in total. The fourth-order valence-corrected chi connectivity index (χ4v) is 3.45. The van der Waals surface area contributed by atoms with E-state index in [2.05, 4.69) is 22.0 Å². The number of aromatic nitrogens is 2. The first kappa shape index (κ1) is 16.7. The second kappa shape index (κ2) is 7.25. The number of Topliss-reactive ketones (excluding diaryl/α,β-unsaturated/α-hetero) is 1. The standard InChI is InChI=1S/C20H21N3O3/c1-14(20-21-19(22-26-20)17-8-5-13-25-17)23-11-9-16(10-12-23)18(24)15-6-3-2-4-7-15/h2-8,13-14,16H,9-12H2,1H3/t14-/m1/s1. The predicted octanol–water partition coefficient (Wildman–Crippen LogP) is 3.99. The maximum atomic E-state index is 12.6. The summed E-state index contributed by atoms with van der Waals surface area (Å²) >= 11 is 0. The normalized spacial score (nSPS) is 17.3. The van der Waals surface area contributed by atoms with Crippen LogP contribution >= 0.6 is 0 Å². The fraction of sp³-hybridized carbons (Fsp3) is 0.350. The Morgan fingerprint density at radius 1 is 1.15 bits per heavy atom. The number of furan rings is 1. The minimum Gasteiger partial charge on any atom is -0.461 e. The van der Waals surface area contributed by atoms with Gasteiger partial charge in [0.25, 0.3) is 0 Å². The summed E-state index contributed by atoms with van der Waals surface area (Å²) in [5, 5.41) is 4.00. The van der Waals surface area contributed by atoms with Crippen molar-refractivity contribution in [1.82, 2.24) is 15.0 Å². The first-order valence-electron chi connectivity index (χ1n) is 8.93. The predicted molar refractivity (Wildman–Crippen MR) is 95.5 cm³/mol. The summed E-state index contributed by atoms with van der Waals surface area (Å²) in [7, 11) is 0. The molecule has 4 rings (SSSR count). The van der Waals surface area contributed by atoms with E-state index in [1.165, 1.54) is 0 Å². The van der Waals surface area contributed by atoms with Crippen LogP contribution in [0.3, 0.4) is 0 Å². The largest absolute Gasteiger partial charge is 0.461 e. The van der Waals surface area contributed by atoms with Gasteiger partial charge in [-0.25, -0.2) is 0 Å². The second-order valence-corrected chi connectivity index (χ2v) is 6.65. The summed E-state index contributed by atoms with van der Waals surface area (Å²) in [6, 6.07) is 13.2. The number of benzene rings is 1. The molecule has 26 heavy (non-hydrogen) atoms. The van der Waals surface area contributed by atoms with Gasteiger partial charge in [-0.3, -0.25) is 9.69 Å². The van der Waals surface area contributed by atoms with Crippen molar-refractivity contribution in [3.05, 3.63) is 60.2 Å². The average Bonchev–Trinajstić information content (AvgIpc) is 3.39. The summed E-state index contributed by atoms with van der Waals surface area (Å²) in [6.07, 6.45) is 3.28. The van der Waals surface area contributed by atoms with Crippen LogP contribution in [0.15, 0.2) is 57.7 Å². The van der Waals surface area contributed by atoms with Crippen molar-refractivity contribution in [3.63, 3.8) is 0 Å². The number of rotatable bonds is 5. The molecule has 0 aliphatic carbocycles.